The monoisotopic (exact) mass is 255 g/mol. The van der Waals surface area contributed by atoms with Gasteiger partial charge in [0.2, 0.25) is 0 Å². The third-order valence-corrected chi connectivity index (χ3v) is 3.26. The predicted octanol–water partition coefficient (Wildman–Crippen LogP) is 4.44. The fourth-order valence-electron chi connectivity index (χ4n) is 2.02. The first-order chi connectivity index (χ1) is 7.95. The summed E-state index contributed by atoms with van der Waals surface area (Å²) in [6.45, 7) is 8.86. The van der Waals surface area contributed by atoms with Crippen molar-refractivity contribution in [2.24, 2.45) is 11.8 Å². The molecule has 0 spiro atoms. The molecule has 0 aliphatic heterocycles. The number of benzene rings is 1. The third-order valence-electron chi connectivity index (χ3n) is 2.93. The molecule has 3 heteroatoms. The van der Waals surface area contributed by atoms with Crippen molar-refractivity contribution in [2.45, 2.75) is 33.7 Å². The van der Waals surface area contributed by atoms with Crippen molar-refractivity contribution in [3.05, 3.63) is 23.2 Å². The van der Waals surface area contributed by atoms with Crippen LogP contribution in [0.25, 0.3) is 0 Å². The Morgan fingerprint density at radius 3 is 2.18 bits per heavy atom. The number of nitrogens with one attached hydrogen (secondary N) is 1. The average Bonchev–Trinajstić information content (AvgIpc) is 2.27. The maximum atomic E-state index is 6.19. The molecular weight excluding hydrogens is 234 g/mol. The second kappa shape index (κ2) is 6.15. The van der Waals surface area contributed by atoms with E-state index in [-0.39, 0.29) is 0 Å². The maximum absolute atomic E-state index is 6.19. The standard InChI is InChI=1S/C14H22ClNO/c1-9(2)14(10(3)4)16-13-8-11(17-5)6-7-12(13)15/h6-10,14,16H,1-5H3. The zero-order valence-electron chi connectivity index (χ0n) is 11.3. The van der Waals surface area contributed by atoms with Crippen molar-refractivity contribution in [1.82, 2.24) is 0 Å². The van der Waals surface area contributed by atoms with Crippen molar-refractivity contribution in [3.63, 3.8) is 0 Å². The molecule has 0 fully saturated rings. The number of halogens is 1. The lowest BCUT2D eigenvalue weighted by molar-refractivity contribution is 0.409. The molecule has 0 heterocycles. The SMILES string of the molecule is COc1ccc(Cl)c(NC(C(C)C)C(C)C)c1. The number of methoxy groups -OCH3 is 1. The highest BCUT2D eigenvalue weighted by Gasteiger charge is 2.18. The Bertz CT molecular complexity index is 355. The fourth-order valence-corrected chi connectivity index (χ4v) is 2.20. The van der Waals surface area contributed by atoms with E-state index in [9.17, 15) is 0 Å². The van der Waals surface area contributed by atoms with Gasteiger partial charge in [0.15, 0.2) is 0 Å². The highest BCUT2D eigenvalue weighted by Crippen LogP contribution is 2.29. The molecular formula is C14H22ClNO. The molecule has 1 N–H and O–H groups in total. The van der Waals surface area contributed by atoms with Gasteiger partial charge in [0.25, 0.3) is 0 Å². The summed E-state index contributed by atoms with van der Waals surface area (Å²) in [5.41, 5.74) is 0.943. The highest BCUT2D eigenvalue weighted by atomic mass is 35.5. The van der Waals surface area contributed by atoms with Crippen LogP contribution in [0, 0.1) is 11.8 Å². The molecule has 0 saturated heterocycles. The van der Waals surface area contributed by atoms with Crippen LogP contribution in [-0.4, -0.2) is 13.2 Å². The van der Waals surface area contributed by atoms with Crippen molar-refractivity contribution in [2.75, 3.05) is 12.4 Å². The summed E-state index contributed by atoms with van der Waals surface area (Å²) in [5.74, 6) is 1.93. The van der Waals surface area contributed by atoms with Crippen LogP contribution >= 0.6 is 11.6 Å². The van der Waals surface area contributed by atoms with E-state index in [4.69, 9.17) is 16.3 Å². The normalized spacial score (nSPS) is 11.4. The van der Waals surface area contributed by atoms with Crippen LogP contribution in [0.4, 0.5) is 5.69 Å². The first kappa shape index (κ1) is 14.2. The molecule has 1 aromatic carbocycles. The quantitative estimate of drug-likeness (QED) is 0.840. The first-order valence-corrected chi connectivity index (χ1v) is 6.43. The van der Waals surface area contributed by atoms with Gasteiger partial charge in [0.1, 0.15) is 5.75 Å². The number of hydrogen-bond donors (Lipinski definition) is 1. The molecule has 1 aromatic rings. The molecule has 0 atom stereocenters. The molecule has 1 rings (SSSR count). The Hall–Kier alpha value is -0.890. The summed E-state index contributed by atoms with van der Waals surface area (Å²) in [6.07, 6.45) is 0. The van der Waals surface area contributed by atoms with Crippen LogP contribution in [0.1, 0.15) is 27.7 Å². The summed E-state index contributed by atoms with van der Waals surface area (Å²) in [5, 5.41) is 4.24. The summed E-state index contributed by atoms with van der Waals surface area (Å²) >= 11 is 6.19. The van der Waals surface area contributed by atoms with Gasteiger partial charge in [-0.1, -0.05) is 39.3 Å². The summed E-state index contributed by atoms with van der Waals surface area (Å²) in [6, 6.07) is 6.08. The van der Waals surface area contributed by atoms with E-state index in [0.29, 0.717) is 17.9 Å². The Kier molecular flexibility index (Phi) is 5.13. The molecule has 0 radical (unpaired) electrons. The minimum atomic E-state index is 0.402. The van der Waals surface area contributed by atoms with Crippen LogP contribution in [0.5, 0.6) is 5.75 Å². The highest BCUT2D eigenvalue weighted by molar-refractivity contribution is 6.33. The van der Waals surface area contributed by atoms with Gasteiger partial charge in [-0.15, -0.1) is 0 Å². The Morgan fingerprint density at radius 1 is 1.12 bits per heavy atom. The lowest BCUT2D eigenvalue weighted by Gasteiger charge is -2.27. The van der Waals surface area contributed by atoms with E-state index in [0.717, 1.165) is 16.5 Å². The van der Waals surface area contributed by atoms with Crippen LogP contribution in [0.15, 0.2) is 18.2 Å². The second-order valence-corrected chi connectivity index (χ2v) is 5.41. The molecule has 2 nitrogen and oxygen atoms in total. The molecule has 0 amide bonds. The van der Waals surface area contributed by atoms with Crippen molar-refractivity contribution < 1.29 is 4.74 Å². The number of anilines is 1. The molecule has 96 valence electrons. The zero-order valence-corrected chi connectivity index (χ0v) is 12.0. The molecule has 0 aromatic heterocycles. The van der Waals surface area contributed by atoms with Crippen molar-refractivity contribution >= 4 is 17.3 Å². The van der Waals surface area contributed by atoms with Crippen LogP contribution in [-0.2, 0) is 0 Å². The van der Waals surface area contributed by atoms with Gasteiger partial charge in [0.05, 0.1) is 17.8 Å². The lowest BCUT2D eigenvalue weighted by atomic mass is 9.93. The number of hydrogen-bond acceptors (Lipinski definition) is 2. The minimum Gasteiger partial charge on any atom is -0.497 e. The summed E-state index contributed by atoms with van der Waals surface area (Å²) < 4.78 is 5.21. The maximum Gasteiger partial charge on any atom is 0.121 e. The van der Waals surface area contributed by atoms with Crippen LogP contribution in [0.2, 0.25) is 5.02 Å². The Labute approximate surface area is 109 Å². The number of ether oxygens (including phenoxy) is 1. The van der Waals surface area contributed by atoms with Gasteiger partial charge in [-0.05, 0) is 24.0 Å². The van der Waals surface area contributed by atoms with Gasteiger partial charge in [-0.2, -0.15) is 0 Å². The largest absolute Gasteiger partial charge is 0.497 e. The smallest absolute Gasteiger partial charge is 0.121 e. The van der Waals surface area contributed by atoms with E-state index in [1.165, 1.54) is 0 Å². The van der Waals surface area contributed by atoms with Gasteiger partial charge >= 0.3 is 0 Å². The second-order valence-electron chi connectivity index (χ2n) is 5.00. The van der Waals surface area contributed by atoms with Gasteiger partial charge in [0, 0.05) is 12.1 Å². The van der Waals surface area contributed by atoms with E-state index >= 15 is 0 Å². The Balaban J connectivity index is 2.92. The van der Waals surface area contributed by atoms with E-state index in [2.05, 4.69) is 33.0 Å². The van der Waals surface area contributed by atoms with Crippen LogP contribution in [0.3, 0.4) is 0 Å². The molecule has 0 aliphatic carbocycles. The van der Waals surface area contributed by atoms with E-state index in [1.807, 2.05) is 18.2 Å². The minimum absolute atomic E-state index is 0.402. The fraction of sp³-hybridized carbons (Fsp3) is 0.571. The Morgan fingerprint density at radius 2 is 1.71 bits per heavy atom. The lowest BCUT2D eigenvalue weighted by Crippen LogP contribution is -2.31. The molecule has 0 saturated carbocycles. The molecule has 17 heavy (non-hydrogen) atoms. The average molecular weight is 256 g/mol. The predicted molar refractivity (Wildman–Crippen MR) is 75.1 cm³/mol. The van der Waals surface area contributed by atoms with Crippen molar-refractivity contribution in [1.29, 1.82) is 0 Å². The van der Waals surface area contributed by atoms with E-state index in [1.54, 1.807) is 7.11 Å². The third kappa shape index (κ3) is 3.81. The van der Waals surface area contributed by atoms with Crippen molar-refractivity contribution in [3.8, 4) is 5.75 Å². The van der Waals surface area contributed by atoms with Crippen LogP contribution < -0.4 is 10.1 Å². The summed E-state index contributed by atoms with van der Waals surface area (Å²) in [4.78, 5) is 0. The first-order valence-electron chi connectivity index (χ1n) is 6.05. The number of rotatable bonds is 5. The molecule has 0 aliphatic rings. The van der Waals surface area contributed by atoms with Gasteiger partial charge in [-0.3, -0.25) is 0 Å². The summed E-state index contributed by atoms with van der Waals surface area (Å²) in [7, 11) is 1.66. The van der Waals surface area contributed by atoms with Gasteiger partial charge < -0.3 is 10.1 Å². The molecule has 0 bridgehead atoms. The van der Waals surface area contributed by atoms with E-state index < -0.39 is 0 Å². The molecule has 0 unspecified atom stereocenters. The van der Waals surface area contributed by atoms with Gasteiger partial charge in [-0.25, -0.2) is 0 Å². The zero-order chi connectivity index (χ0) is 13.0. The topological polar surface area (TPSA) is 21.3 Å².